The first kappa shape index (κ1) is 12.0. The van der Waals surface area contributed by atoms with Crippen LogP contribution < -0.4 is 10.5 Å². The Hall–Kier alpha value is -2.50. The van der Waals surface area contributed by atoms with Crippen LogP contribution in [0.15, 0.2) is 24.3 Å². The molecule has 0 amide bonds. The quantitative estimate of drug-likeness (QED) is 0.855. The molecule has 3 N–H and O–H groups in total. The third-order valence-corrected chi connectivity index (χ3v) is 2.67. The lowest BCUT2D eigenvalue weighted by molar-refractivity contribution is 0.0699. The smallest absolute Gasteiger partial charge is 0.341 e. The summed E-state index contributed by atoms with van der Waals surface area (Å²) in [4.78, 5) is 11.3. The number of nitrogen functional groups attached to an aromatic ring is 1. The molecule has 18 heavy (non-hydrogen) atoms. The molecule has 1 heterocycles. The maximum absolute atomic E-state index is 11.3. The highest BCUT2D eigenvalue weighted by Crippen LogP contribution is 2.33. The SMILES string of the molecule is COc1ccccc1-c1nn(C)c(N)c1C(=O)O. The Balaban J connectivity index is 2.71. The summed E-state index contributed by atoms with van der Waals surface area (Å²) in [5.41, 5.74) is 6.61. The van der Waals surface area contributed by atoms with Gasteiger partial charge in [0.1, 0.15) is 22.8 Å². The second kappa shape index (κ2) is 4.40. The van der Waals surface area contributed by atoms with Crippen LogP contribution in [0.2, 0.25) is 0 Å². The number of hydrogen-bond donors (Lipinski definition) is 2. The average molecular weight is 247 g/mol. The van der Waals surface area contributed by atoms with E-state index >= 15 is 0 Å². The van der Waals surface area contributed by atoms with Crippen LogP contribution in [-0.2, 0) is 7.05 Å². The molecular formula is C12H13N3O3. The number of rotatable bonds is 3. The highest BCUT2D eigenvalue weighted by atomic mass is 16.5. The van der Waals surface area contributed by atoms with E-state index in [0.29, 0.717) is 17.0 Å². The predicted molar refractivity (Wildman–Crippen MR) is 66.6 cm³/mol. The molecule has 6 nitrogen and oxygen atoms in total. The first-order chi connectivity index (χ1) is 8.56. The van der Waals surface area contributed by atoms with Gasteiger partial charge in [0.15, 0.2) is 0 Å². The van der Waals surface area contributed by atoms with Gasteiger partial charge in [0.2, 0.25) is 0 Å². The number of hydrogen-bond acceptors (Lipinski definition) is 4. The van der Waals surface area contributed by atoms with Gasteiger partial charge < -0.3 is 15.6 Å². The molecule has 0 saturated carbocycles. The Morgan fingerprint density at radius 3 is 2.72 bits per heavy atom. The molecule has 0 fully saturated rings. The van der Waals surface area contributed by atoms with Crippen molar-refractivity contribution >= 4 is 11.8 Å². The maximum atomic E-state index is 11.3. The van der Waals surface area contributed by atoms with Crippen molar-refractivity contribution in [2.24, 2.45) is 7.05 Å². The van der Waals surface area contributed by atoms with E-state index in [9.17, 15) is 9.90 Å². The molecule has 0 bridgehead atoms. The number of aromatic nitrogens is 2. The van der Waals surface area contributed by atoms with E-state index in [-0.39, 0.29) is 11.4 Å². The number of benzene rings is 1. The van der Waals surface area contributed by atoms with Gasteiger partial charge in [0.25, 0.3) is 0 Å². The molecule has 0 unspecified atom stereocenters. The number of aryl methyl sites for hydroxylation is 1. The number of para-hydroxylation sites is 1. The van der Waals surface area contributed by atoms with Crippen molar-refractivity contribution in [3.8, 4) is 17.0 Å². The summed E-state index contributed by atoms with van der Waals surface area (Å²) in [6, 6.07) is 7.07. The minimum absolute atomic E-state index is 0.0120. The van der Waals surface area contributed by atoms with Gasteiger partial charge in [-0.1, -0.05) is 12.1 Å². The summed E-state index contributed by atoms with van der Waals surface area (Å²) >= 11 is 0. The lowest BCUT2D eigenvalue weighted by atomic mass is 10.1. The molecule has 0 spiro atoms. The fraction of sp³-hybridized carbons (Fsp3) is 0.167. The van der Waals surface area contributed by atoms with E-state index in [4.69, 9.17) is 10.5 Å². The minimum atomic E-state index is -1.11. The molecule has 0 aliphatic rings. The monoisotopic (exact) mass is 247 g/mol. The molecule has 0 saturated heterocycles. The molecule has 0 atom stereocenters. The first-order valence-corrected chi connectivity index (χ1v) is 5.25. The molecule has 0 aliphatic heterocycles. The molecule has 0 aliphatic carbocycles. The number of ether oxygens (including phenoxy) is 1. The van der Waals surface area contributed by atoms with Crippen molar-refractivity contribution in [2.75, 3.05) is 12.8 Å². The third-order valence-electron chi connectivity index (χ3n) is 2.67. The molecule has 2 aromatic rings. The van der Waals surface area contributed by atoms with Crippen LogP contribution in [-0.4, -0.2) is 28.0 Å². The molecular weight excluding hydrogens is 234 g/mol. The average Bonchev–Trinajstić information content (AvgIpc) is 2.65. The number of carbonyl (C=O) groups is 1. The van der Waals surface area contributed by atoms with Crippen LogP contribution in [0.1, 0.15) is 10.4 Å². The third kappa shape index (κ3) is 1.77. The van der Waals surface area contributed by atoms with Crippen molar-refractivity contribution in [3.63, 3.8) is 0 Å². The fourth-order valence-electron chi connectivity index (χ4n) is 1.78. The van der Waals surface area contributed by atoms with Crippen LogP contribution in [0.3, 0.4) is 0 Å². The standard InChI is InChI=1S/C12H13N3O3/c1-15-11(13)9(12(16)17)10(14-15)7-5-3-4-6-8(7)18-2/h3-6H,13H2,1-2H3,(H,16,17). The first-order valence-electron chi connectivity index (χ1n) is 5.25. The molecule has 0 radical (unpaired) electrons. The minimum Gasteiger partial charge on any atom is -0.496 e. The Morgan fingerprint density at radius 2 is 2.11 bits per heavy atom. The largest absolute Gasteiger partial charge is 0.496 e. The number of carboxylic acid groups (broad SMARTS) is 1. The van der Waals surface area contributed by atoms with Gasteiger partial charge in [-0.05, 0) is 12.1 Å². The van der Waals surface area contributed by atoms with Crippen LogP contribution >= 0.6 is 0 Å². The van der Waals surface area contributed by atoms with Crippen molar-refractivity contribution in [1.82, 2.24) is 9.78 Å². The highest BCUT2D eigenvalue weighted by molar-refractivity contribution is 6.00. The predicted octanol–water partition coefficient (Wildman–Crippen LogP) is 1.38. The van der Waals surface area contributed by atoms with E-state index in [1.165, 1.54) is 11.8 Å². The summed E-state index contributed by atoms with van der Waals surface area (Å²) in [6.07, 6.45) is 0. The van der Waals surface area contributed by atoms with Gasteiger partial charge in [0, 0.05) is 12.6 Å². The van der Waals surface area contributed by atoms with E-state index in [0.717, 1.165) is 0 Å². The number of methoxy groups -OCH3 is 1. The van der Waals surface area contributed by atoms with Crippen LogP contribution in [0.5, 0.6) is 5.75 Å². The Morgan fingerprint density at radius 1 is 1.44 bits per heavy atom. The molecule has 6 heteroatoms. The second-order valence-corrected chi connectivity index (χ2v) is 3.74. The summed E-state index contributed by atoms with van der Waals surface area (Å²) in [5, 5.41) is 13.4. The number of carboxylic acids is 1. The van der Waals surface area contributed by atoms with Gasteiger partial charge >= 0.3 is 5.97 Å². The zero-order valence-corrected chi connectivity index (χ0v) is 10.0. The summed E-state index contributed by atoms with van der Waals surface area (Å²) in [5.74, 6) is -0.442. The summed E-state index contributed by atoms with van der Waals surface area (Å²) in [7, 11) is 3.12. The number of nitrogens with zero attached hydrogens (tertiary/aromatic N) is 2. The highest BCUT2D eigenvalue weighted by Gasteiger charge is 2.23. The number of anilines is 1. The Labute approximate surface area is 104 Å². The van der Waals surface area contributed by atoms with Crippen LogP contribution in [0, 0.1) is 0 Å². The van der Waals surface area contributed by atoms with Gasteiger partial charge in [-0.15, -0.1) is 0 Å². The topological polar surface area (TPSA) is 90.4 Å². The van der Waals surface area contributed by atoms with Gasteiger partial charge in [-0.25, -0.2) is 4.79 Å². The number of nitrogens with two attached hydrogens (primary N) is 1. The molecule has 2 rings (SSSR count). The van der Waals surface area contributed by atoms with Crippen molar-refractivity contribution in [3.05, 3.63) is 29.8 Å². The van der Waals surface area contributed by atoms with Crippen LogP contribution in [0.25, 0.3) is 11.3 Å². The van der Waals surface area contributed by atoms with Gasteiger partial charge in [-0.3, -0.25) is 4.68 Å². The van der Waals surface area contributed by atoms with Crippen LogP contribution in [0.4, 0.5) is 5.82 Å². The zero-order valence-electron chi connectivity index (χ0n) is 10.0. The van der Waals surface area contributed by atoms with Crippen molar-refractivity contribution in [2.45, 2.75) is 0 Å². The second-order valence-electron chi connectivity index (χ2n) is 3.74. The Kier molecular flexibility index (Phi) is 2.93. The normalized spacial score (nSPS) is 10.3. The van der Waals surface area contributed by atoms with E-state index in [1.54, 1.807) is 31.3 Å². The molecule has 1 aromatic carbocycles. The number of aromatic carboxylic acids is 1. The summed E-state index contributed by atoms with van der Waals surface area (Å²) < 4.78 is 6.54. The zero-order chi connectivity index (χ0) is 13.3. The lowest BCUT2D eigenvalue weighted by Gasteiger charge is -2.06. The molecule has 1 aromatic heterocycles. The fourth-order valence-corrected chi connectivity index (χ4v) is 1.78. The summed E-state index contributed by atoms with van der Waals surface area (Å²) in [6.45, 7) is 0. The lowest BCUT2D eigenvalue weighted by Crippen LogP contribution is -2.04. The van der Waals surface area contributed by atoms with Gasteiger partial charge in [-0.2, -0.15) is 5.10 Å². The van der Waals surface area contributed by atoms with E-state index < -0.39 is 5.97 Å². The Bertz CT molecular complexity index is 605. The van der Waals surface area contributed by atoms with E-state index in [2.05, 4.69) is 5.10 Å². The van der Waals surface area contributed by atoms with E-state index in [1.807, 2.05) is 0 Å². The van der Waals surface area contributed by atoms with Gasteiger partial charge in [0.05, 0.1) is 7.11 Å². The molecule has 94 valence electrons. The van der Waals surface area contributed by atoms with Crippen molar-refractivity contribution < 1.29 is 14.6 Å². The van der Waals surface area contributed by atoms with Crippen molar-refractivity contribution in [1.29, 1.82) is 0 Å². The maximum Gasteiger partial charge on any atom is 0.341 e.